The molecular weight excluding hydrogens is 321 g/mol. The van der Waals surface area contributed by atoms with Crippen molar-refractivity contribution < 1.29 is 14.3 Å². The molecule has 0 aliphatic carbocycles. The Bertz CT molecular complexity index is 404. The largest absolute Gasteiger partial charge is 0.452 e. The smallest absolute Gasteiger partial charge is 0.339 e. The van der Waals surface area contributed by atoms with E-state index in [0.29, 0.717) is 5.56 Å². The van der Waals surface area contributed by atoms with Crippen LogP contribution >= 0.6 is 22.6 Å². The van der Waals surface area contributed by atoms with Crippen LogP contribution in [-0.2, 0) is 9.53 Å². The van der Waals surface area contributed by atoms with Crippen molar-refractivity contribution in [3.05, 3.63) is 33.4 Å². The van der Waals surface area contributed by atoms with Crippen LogP contribution in [0.25, 0.3) is 0 Å². The van der Waals surface area contributed by atoms with Gasteiger partial charge >= 0.3 is 5.97 Å². The summed E-state index contributed by atoms with van der Waals surface area (Å²) < 4.78 is 5.70. The molecule has 4 nitrogen and oxygen atoms in total. The standard InChI is InChI=1S/C11H12INO3/c1-13(2)10(14)7-16-11(15)8-5-3-4-6-9(8)12/h3-6H,7H2,1-2H3. The average Bonchev–Trinajstić information content (AvgIpc) is 2.25. The number of nitrogens with zero attached hydrogens (tertiary/aromatic N) is 1. The second kappa shape index (κ2) is 5.83. The van der Waals surface area contributed by atoms with Gasteiger partial charge in [0.1, 0.15) is 0 Å². The lowest BCUT2D eigenvalue weighted by Crippen LogP contribution is -2.27. The van der Waals surface area contributed by atoms with Gasteiger partial charge in [-0.2, -0.15) is 0 Å². The van der Waals surface area contributed by atoms with E-state index in [2.05, 4.69) is 0 Å². The van der Waals surface area contributed by atoms with Gasteiger partial charge in [-0.3, -0.25) is 4.79 Å². The monoisotopic (exact) mass is 333 g/mol. The summed E-state index contributed by atoms with van der Waals surface area (Å²) in [6.45, 7) is -0.225. The van der Waals surface area contributed by atoms with Crippen molar-refractivity contribution in [3.63, 3.8) is 0 Å². The second-order valence-corrected chi connectivity index (χ2v) is 4.51. The van der Waals surface area contributed by atoms with Crippen LogP contribution < -0.4 is 0 Å². The summed E-state index contributed by atoms with van der Waals surface area (Å²) in [5.41, 5.74) is 0.481. The summed E-state index contributed by atoms with van der Waals surface area (Å²) in [4.78, 5) is 24.2. The van der Waals surface area contributed by atoms with Crippen LogP contribution in [0.2, 0.25) is 0 Å². The van der Waals surface area contributed by atoms with Gasteiger partial charge < -0.3 is 9.64 Å². The summed E-state index contributed by atoms with van der Waals surface area (Å²) in [5, 5.41) is 0. The molecule has 1 amide bonds. The Morgan fingerprint density at radius 2 is 1.94 bits per heavy atom. The fourth-order valence-electron chi connectivity index (χ4n) is 0.961. The summed E-state index contributed by atoms with van der Waals surface area (Å²) in [6.07, 6.45) is 0. The predicted molar refractivity (Wildman–Crippen MR) is 68.1 cm³/mol. The number of rotatable bonds is 3. The lowest BCUT2D eigenvalue weighted by Gasteiger charge is -2.10. The molecule has 0 bridgehead atoms. The minimum Gasteiger partial charge on any atom is -0.452 e. The highest BCUT2D eigenvalue weighted by Gasteiger charge is 2.13. The molecule has 0 saturated carbocycles. The Morgan fingerprint density at radius 3 is 2.50 bits per heavy atom. The molecule has 16 heavy (non-hydrogen) atoms. The molecule has 0 N–H and O–H groups in total. The predicted octanol–water partition coefficient (Wildman–Crippen LogP) is 1.54. The molecule has 86 valence electrons. The number of halogens is 1. The molecule has 0 unspecified atom stereocenters. The van der Waals surface area contributed by atoms with E-state index >= 15 is 0 Å². The molecule has 0 saturated heterocycles. The van der Waals surface area contributed by atoms with E-state index in [1.165, 1.54) is 4.90 Å². The Hall–Kier alpha value is -1.11. The van der Waals surface area contributed by atoms with Gasteiger partial charge in [0.25, 0.3) is 5.91 Å². The second-order valence-electron chi connectivity index (χ2n) is 3.34. The third-order valence-corrected chi connectivity index (χ3v) is 2.86. The Morgan fingerprint density at radius 1 is 1.31 bits per heavy atom. The molecule has 5 heteroatoms. The summed E-state index contributed by atoms with van der Waals surface area (Å²) in [6, 6.07) is 7.07. The van der Waals surface area contributed by atoms with Gasteiger partial charge in [0, 0.05) is 17.7 Å². The third kappa shape index (κ3) is 3.48. The number of hydrogen-bond donors (Lipinski definition) is 0. The Balaban J connectivity index is 2.60. The van der Waals surface area contributed by atoms with Crippen molar-refractivity contribution in [2.75, 3.05) is 20.7 Å². The minimum atomic E-state index is -0.472. The van der Waals surface area contributed by atoms with Crippen LogP contribution in [0, 0.1) is 3.57 Å². The molecule has 0 aliphatic rings. The van der Waals surface area contributed by atoms with Crippen molar-refractivity contribution in [2.45, 2.75) is 0 Å². The Kier molecular flexibility index (Phi) is 4.72. The molecular formula is C11H12INO3. The number of benzene rings is 1. The molecule has 1 aromatic rings. The lowest BCUT2D eigenvalue weighted by atomic mass is 10.2. The number of carbonyl (C=O) groups is 2. The molecule has 0 aromatic heterocycles. The van der Waals surface area contributed by atoms with Crippen LogP contribution in [0.15, 0.2) is 24.3 Å². The molecule has 0 radical (unpaired) electrons. The van der Waals surface area contributed by atoms with E-state index in [1.54, 1.807) is 26.2 Å². The maximum atomic E-state index is 11.6. The first-order valence-corrected chi connectivity index (χ1v) is 5.72. The molecule has 0 fully saturated rings. The molecule has 1 aromatic carbocycles. The molecule has 0 atom stereocenters. The first-order chi connectivity index (χ1) is 7.52. The summed E-state index contributed by atoms with van der Waals surface area (Å²) >= 11 is 2.05. The first kappa shape index (κ1) is 13.0. The maximum absolute atomic E-state index is 11.6. The SMILES string of the molecule is CN(C)C(=O)COC(=O)c1ccccc1I. The van der Waals surface area contributed by atoms with Crippen LogP contribution in [-0.4, -0.2) is 37.5 Å². The van der Waals surface area contributed by atoms with E-state index < -0.39 is 5.97 Å². The van der Waals surface area contributed by atoms with Crippen LogP contribution in [0.4, 0.5) is 0 Å². The van der Waals surface area contributed by atoms with E-state index in [1.807, 2.05) is 34.7 Å². The fraction of sp³-hybridized carbons (Fsp3) is 0.273. The Labute approximate surface area is 108 Å². The number of carbonyl (C=O) groups excluding carboxylic acids is 2. The van der Waals surface area contributed by atoms with Crippen molar-refractivity contribution in [3.8, 4) is 0 Å². The minimum absolute atomic E-state index is 0.225. The van der Waals surface area contributed by atoms with Gasteiger partial charge in [-0.25, -0.2) is 4.79 Å². The average molecular weight is 333 g/mol. The zero-order valence-corrected chi connectivity index (χ0v) is 11.2. The summed E-state index contributed by atoms with van der Waals surface area (Å²) in [5.74, 6) is -0.709. The van der Waals surface area contributed by atoms with Gasteiger partial charge in [0.05, 0.1) is 5.56 Å². The quantitative estimate of drug-likeness (QED) is 0.623. The van der Waals surface area contributed by atoms with Crippen LogP contribution in [0.3, 0.4) is 0 Å². The fourth-order valence-corrected chi connectivity index (χ4v) is 1.57. The van der Waals surface area contributed by atoms with E-state index in [-0.39, 0.29) is 12.5 Å². The summed E-state index contributed by atoms with van der Waals surface area (Å²) in [7, 11) is 3.23. The van der Waals surface area contributed by atoms with E-state index in [9.17, 15) is 9.59 Å². The van der Waals surface area contributed by atoms with Gasteiger partial charge in [0.15, 0.2) is 6.61 Å². The van der Waals surface area contributed by atoms with E-state index in [0.717, 1.165) is 3.57 Å². The van der Waals surface area contributed by atoms with Gasteiger partial charge in [-0.05, 0) is 34.7 Å². The highest BCUT2D eigenvalue weighted by atomic mass is 127. The van der Waals surface area contributed by atoms with Gasteiger partial charge in [-0.1, -0.05) is 12.1 Å². The number of likely N-dealkylation sites (N-methyl/N-ethyl adjacent to an activating group) is 1. The molecule has 0 spiro atoms. The van der Waals surface area contributed by atoms with Crippen molar-refractivity contribution >= 4 is 34.5 Å². The van der Waals surface area contributed by atoms with Gasteiger partial charge in [0.2, 0.25) is 0 Å². The topological polar surface area (TPSA) is 46.6 Å². The molecule has 0 heterocycles. The first-order valence-electron chi connectivity index (χ1n) is 4.64. The maximum Gasteiger partial charge on any atom is 0.339 e. The number of esters is 1. The van der Waals surface area contributed by atoms with Crippen molar-refractivity contribution in [2.24, 2.45) is 0 Å². The van der Waals surface area contributed by atoms with Crippen molar-refractivity contribution in [1.82, 2.24) is 4.90 Å². The van der Waals surface area contributed by atoms with Crippen LogP contribution in [0.5, 0.6) is 0 Å². The third-order valence-electron chi connectivity index (χ3n) is 1.92. The zero-order chi connectivity index (χ0) is 12.1. The normalized spacial score (nSPS) is 9.69. The van der Waals surface area contributed by atoms with Crippen molar-refractivity contribution in [1.29, 1.82) is 0 Å². The van der Waals surface area contributed by atoms with Crippen LogP contribution in [0.1, 0.15) is 10.4 Å². The van der Waals surface area contributed by atoms with E-state index in [4.69, 9.17) is 4.74 Å². The zero-order valence-electron chi connectivity index (χ0n) is 9.07. The van der Waals surface area contributed by atoms with Gasteiger partial charge in [-0.15, -0.1) is 0 Å². The number of hydrogen-bond acceptors (Lipinski definition) is 3. The number of ether oxygens (including phenoxy) is 1. The lowest BCUT2D eigenvalue weighted by molar-refractivity contribution is -0.131. The highest BCUT2D eigenvalue weighted by molar-refractivity contribution is 14.1. The molecule has 0 aliphatic heterocycles. The number of amides is 1. The highest BCUT2D eigenvalue weighted by Crippen LogP contribution is 2.12. The molecule has 1 rings (SSSR count).